The number of hydrogen-bond acceptors (Lipinski definition) is 4. The molecular weight excluding hydrogens is 166 g/mol. The van der Waals surface area contributed by atoms with Crippen LogP contribution in [0.15, 0.2) is 12.1 Å². The summed E-state index contributed by atoms with van der Waals surface area (Å²) < 4.78 is 0. The van der Waals surface area contributed by atoms with Crippen LogP contribution < -0.4 is 4.90 Å². The van der Waals surface area contributed by atoms with Crippen molar-refractivity contribution in [2.75, 3.05) is 18.0 Å². The summed E-state index contributed by atoms with van der Waals surface area (Å²) in [6.45, 7) is 5.02. The van der Waals surface area contributed by atoms with Gasteiger partial charge in [0.15, 0.2) is 5.82 Å². The van der Waals surface area contributed by atoms with Crippen LogP contribution >= 0.6 is 0 Å². The van der Waals surface area contributed by atoms with Crippen molar-refractivity contribution in [3.05, 3.63) is 17.8 Å². The first-order valence-electron chi connectivity index (χ1n) is 4.34. The summed E-state index contributed by atoms with van der Waals surface area (Å²) in [7, 11) is 0. The van der Waals surface area contributed by atoms with Crippen molar-refractivity contribution in [3.8, 4) is 0 Å². The third-order valence-electron chi connectivity index (χ3n) is 2.17. The zero-order valence-electron chi connectivity index (χ0n) is 7.86. The van der Waals surface area contributed by atoms with Gasteiger partial charge in [-0.05, 0) is 26.0 Å². The summed E-state index contributed by atoms with van der Waals surface area (Å²) in [6, 6.07) is 3.85. The van der Waals surface area contributed by atoms with Crippen LogP contribution in [0.3, 0.4) is 0 Å². The maximum atomic E-state index is 9.51. The number of β-amino-alcohol motifs (C(OH)–C–C–N with tert-alkyl or cyclic N) is 1. The molecule has 0 aromatic carbocycles. The molecule has 70 valence electrons. The van der Waals surface area contributed by atoms with E-state index in [9.17, 15) is 5.11 Å². The summed E-state index contributed by atoms with van der Waals surface area (Å²) in [5, 5.41) is 17.5. The lowest BCUT2D eigenvalue weighted by molar-refractivity contribution is 0.0304. The van der Waals surface area contributed by atoms with E-state index < -0.39 is 5.60 Å². The highest BCUT2D eigenvalue weighted by Crippen LogP contribution is 2.24. The largest absolute Gasteiger partial charge is 0.386 e. The molecule has 0 bridgehead atoms. The van der Waals surface area contributed by atoms with Gasteiger partial charge < -0.3 is 10.0 Å². The Morgan fingerprint density at radius 1 is 1.38 bits per heavy atom. The number of nitrogens with zero attached hydrogens (tertiary/aromatic N) is 3. The minimum absolute atomic E-state index is 0.549. The van der Waals surface area contributed by atoms with Crippen molar-refractivity contribution in [2.45, 2.75) is 19.4 Å². The van der Waals surface area contributed by atoms with Gasteiger partial charge in [-0.3, -0.25) is 0 Å². The van der Waals surface area contributed by atoms with Gasteiger partial charge in [0.1, 0.15) is 0 Å². The summed E-state index contributed by atoms with van der Waals surface area (Å²) in [4.78, 5) is 2.01. The van der Waals surface area contributed by atoms with Crippen LogP contribution in [0.2, 0.25) is 0 Å². The molecule has 4 heteroatoms. The maximum absolute atomic E-state index is 9.51. The second-order valence-electron chi connectivity index (χ2n) is 3.89. The first-order valence-corrected chi connectivity index (χ1v) is 4.34. The van der Waals surface area contributed by atoms with Crippen molar-refractivity contribution >= 4 is 5.82 Å². The molecule has 0 spiro atoms. The standard InChI is InChI=1S/C9H13N3O/c1-7-3-4-8(11-10-7)12-5-9(2,13)6-12/h3-4,13H,5-6H2,1-2H3. The molecule has 0 aliphatic carbocycles. The van der Waals surface area contributed by atoms with Gasteiger partial charge in [-0.15, -0.1) is 5.10 Å². The highest BCUT2D eigenvalue weighted by molar-refractivity contribution is 5.42. The van der Waals surface area contributed by atoms with Crippen LogP contribution in [0.25, 0.3) is 0 Å². The van der Waals surface area contributed by atoms with Crippen molar-refractivity contribution < 1.29 is 5.11 Å². The highest BCUT2D eigenvalue weighted by atomic mass is 16.3. The minimum Gasteiger partial charge on any atom is -0.386 e. The predicted octanol–water partition coefficient (Wildman–Crippen LogP) is 0.356. The molecule has 1 aliphatic rings. The van der Waals surface area contributed by atoms with E-state index in [-0.39, 0.29) is 0 Å². The van der Waals surface area contributed by atoms with Gasteiger partial charge in [-0.2, -0.15) is 5.10 Å². The molecule has 0 unspecified atom stereocenters. The first-order chi connectivity index (χ1) is 6.07. The topological polar surface area (TPSA) is 49.2 Å². The third kappa shape index (κ3) is 1.62. The summed E-state index contributed by atoms with van der Waals surface area (Å²) >= 11 is 0. The minimum atomic E-state index is -0.549. The Labute approximate surface area is 77.2 Å². The zero-order valence-corrected chi connectivity index (χ0v) is 7.86. The van der Waals surface area contributed by atoms with Crippen LogP contribution in [0.4, 0.5) is 5.82 Å². The van der Waals surface area contributed by atoms with Gasteiger partial charge in [0, 0.05) is 13.1 Å². The average Bonchev–Trinajstić information content (AvgIpc) is 2.01. The molecule has 1 N–H and O–H groups in total. The average molecular weight is 179 g/mol. The van der Waals surface area contributed by atoms with Gasteiger partial charge in [-0.1, -0.05) is 0 Å². The van der Waals surface area contributed by atoms with E-state index in [1.165, 1.54) is 0 Å². The van der Waals surface area contributed by atoms with Gasteiger partial charge in [0.05, 0.1) is 11.3 Å². The molecule has 0 radical (unpaired) electrons. The fourth-order valence-corrected chi connectivity index (χ4v) is 1.50. The molecule has 1 saturated heterocycles. The van der Waals surface area contributed by atoms with E-state index in [4.69, 9.17) is 0 Å². The molecule has 13 heavy (non-hydrogen) atoms. The number of hydrogen-bond donors (Lipinski definition) is 1. The molecule has 2 rings (SSSR count). The fraction of sp³-hybridized carbons (Fsp3) is 0.556. The number of aryl methyl sites for hydroxylation is 1. The van der Waals surface area contributed by atoms with Gasteiger partial charge in [-0.25, -0.2) is 0 Å². The normalized spacial score (nSPS) is 19.8. The highest BCUT2D eigenvalue weighted by Gasteiger charge is 2.37. The third-order valence-corrected chi connectivity index (χ3v) is 2.17. The maximum Gasteiger partial charge on any atom is 0.151 e. The smallest absolute Gasteiger partial charge is 0.151 e. The summed E-state index contributed by atoms with van der Waals surface area (Å²) in [5.41, 5.74) is 0.364. The van der Waals surface area contributed by atoms with E-state index in [2.05, 4.69) is 10.2 Å². The zero-order chi connectivity index (χ0) is 9.47. The monoisotopic (exact) mass is 179 g/mol. The lowest BCUT2D eigenvalue weighted by atomic mass is 9.97. The Hall–Kier alpha value is -1.16. The molecule has 0 amide bonds. The van der Waals surface area contributed by atoms with Gasteiger partial charge in [0.2, 0.25) is 0 Å². The lowest BCUT2D eigenvalue weighted by Crippen LogP contribution is -2.60. The Kier molecular flexibility index (Phi) is 1.73. The van der Waals surface area contributed by atoms with E-state index in [0.29, 0.717) is 13.1 Å². The SMILES string of the molecule is Cc1ccc(N2CC(C)(O)C2)nn1. The van der Waals surface area contributed by atoms with E-state index in [1.54, 1.807) is 0 Å². The van der Waals surface area contributed by atoms with Crippen molar-refractivity contribution in [3.63, 3.8) is 0 Å². The molecule has 1 aromatic heterocycles. The number of aliphatic hydroxyl groups is 1. The van der Waals surface area contributed by atoms with Crippen LogP contribution in [0, 0.1) is 6.92 Å². The van der Waals surface area contributed by atoms with Crippen molar-refractivity contribution in [2.24, 2.45) is 0 Å². The second kappa shape index (κ2) is 2.67. The number of anilines is 1. The number of rotatable bonds is 1. The van der Waals surface area contributed by atoms with Crippen LogP contribution in [0.5, 0.6) is 0 Å². The fourth-order valence-electron chi connectivity index (χ4n) is 1.50. The Bertz CT molecular complexity index is 299. The Balaban J connectivity index is 2.08. The van der Waals surface area contributed by atoms with Gasteiger partial charge >= 0.3 is 0 Å². The van der Waals surface area contributed by atoms with Crippen molar-refractivity contribution in [1.29, 1.82) is 0 Å². The second-order valence-corrected chi connectivity index (χ2v) is 3.89. The Morgan fingerprint density at radius 3 is 2.54 bits per heavy atom. The Morgan fingerprint density at radius 2 is 2.08 bits per heavy atom. The molecular formula is C9H13N3O. The van der Waals surface area contributed by atoms with E-state index in [1.807, 2.05) is 30.9 Å². The quantitative estimate of drug-likeness (QED) is 0.676. The van der Waals surface area contributed by atoms with Crippen LogP contribution in [-0.4, -0.2) is 34.0 Å². The van der Waals surface area contributed by atoms with Gasteiger partial charge in [0.25, 0.3) is 0 Å². The van der Waals surface area contributed by atoms with Crippen LogP contribution in [0.1, 0.15) is 12.6 Å². The summed E-state index contributed by atoms with van der Waals surface area (Å²) in [5.74, 6) is 0.845. The molecule has 0 saturated carbocycles. The first kappa shape index (κ1) is 8.44. The van der Waals surface area contributed by atoms with E-state index in [0.717, 1.165) is 11.5 Å². The molecule has 1 aromatic rings. The number of aromatic nitrogens is 2. The molecule has 1 aliphatic heterocycles. The lowest BCUT2D eigenvalue weighted by Gasteiger charge is -2.44. The molecule has 4 nitrogen and oxygen atoms in total. The molecule has 0 atom stereocenters. The predicted molar refractivity (Wildman–Crippen MR) is 49.6 cm³/mol. The molecule has 2 heterocycles. The van der Waals surface area contributed by atoms with E-state index >= 15 is 0 Å². The summed E-state index contributed by atoms with van der Waals surface area (Å²) in [6.07, 6.45) is 0. The van der Waals surface area contributed by atoms with Crippen molar-refractivity contribution in [1.82, 2.24) is 10.2 Å². The molecule has 1 fully saturated rings. The van der Waals surface area contributed by atoms with Crippen LogP contribution in [-0.2, 0) is 0 Å².